The molecule has 0 radical (unpaired) electrons. The summed E-state index contributed by atoms with van der Waals surface area (Å²) in [6, 6.07) is 0. The van der Waals surface area contributed by atoms with Crippen LogP contribution in [0.25, 0.3) is 0 Å². The van der Waals surface area contributed by atoms with Crippen LogP contribution < -0.4 is 5.32 Å². The Hall–Kier alpha value is -0.940. The Labute approximate surface area is 122 Å². The molecule has 1 atom stereocenters. The van der Waals surface area contributed by atoms with Crippen molar-refractivity contribution in [1.29, 1.82) is 0 Å². The largest absolute Gasteiger partial charge is 0.308 e. The predicted octanol–water partition coefficient (Wildman–Crippen LogP) is 1.95. The first kappa shape index (κ1) is 15.4. The number of nitrogens with one attached hydrogen (secondary N) is 1. The molecular weight excluding hydrogens is 250 g/mol. The zero-order valence-corrected chi connectivity index (χ0v) is 13.6. The molecule has 20 heavy (non-hydrogen) atoms. The molecule has 0 aliphatic carbocycles. The van der Waals surface area contributed by atoms with Crippen LogP contribution >= 0.6 is 0 Å². The highest BCUT2D eigenvalue weighted by molar-refractivity contribution is 5.03. The van der Waals surface area contributed by atoms with Crippen molar-refractivity contribution in [3.8, 4) is 0 Å². The van der Waals surface area contributed by atoms with Gasteiger partial charge in [0.2, 0.25) is 0 Å². The lowest BCUT2D eigenvalue weighted by Gasteiger charge is -2.53. The zero-order chi connectivity index (χ0) is 14.8. The number of hydrogen-bond acceptors (Lipinski definition) is 4. The van der Waals surface area contributed by atoms with Crippen LogP contribution in [0.5, 0.6) is 0 Å². The van der Waals surface area contributed by atoms with E-state index in [9.17, 15) is 0 Å². The van der Waals surface area contributed by atoms with E-state index < -0.39 is 0 Å². The summed E-state index contributed by atoms with van der Waals surface area (Å²) < 4.78 is 1.89. The number of hydrogen-bond donors (Lipinski definition) is 1. The molecule has 114 valence electrons. The second-order valence-electron chi connectivity index (χ2n) is 6.35. The number of piperazine rings is 1. The molecule has 0 bridgehead atoms. The fourth-order valence-corrected chi connectivity index (χ4v) is 3.05. The van der Waals surface area contributed by atoms with Crippen molar-refractivity contribution in [2.24, 2.45) is 7.05 Å². The van der Waals surface area contributed by atoms with E-state index in [1.165, 1.54) is 12.8 Å². The van der Waals surface area contributed by atoms with Gasteiger partial charge >= 0.3 is 0 Å². The van der Waals surface area contributed by atoms with Gasteiger partial charge in [0.1, 0.15) is 12.2 Å². The van der Waals surface area contributed by atoms with Crippen LogP contribution in [-0.4, -0.2) is 43.8 Å². The average molecular weight is 279 g/mol. The molecule has 0 amide bonds. The van der Waals surface area contributed by atoms with Gasteiger partial charge in [-0.3, -0.25) is 9.58 Å². The summed E-state index contributed by atoms with van der Waals surface area (Å²) in [6.07, 6.45) is 5.12. The summed E-state index contributed by atoms with van der Waals surface area (Å²) in [6.45, 7) is 12.2. The minimum atomic E-state index is 0.194. The van der Waals surface area contributed by atoms with Crippen LogP contribution in [0.1, 0.15) is 52.8 Å². The normalized spacial score (nSPS) is 26.9. The molecular formula is C15H29N5. The summed E-state index contributed by atoms with van der Waals surface area (Å²) in [5, 5.41) is 8.01. The van der Waals surface area contributed by atoms with Gasteiger partial charge in [0.05, 0.1) is 6.54 Å². The summed E-state index contributed by atoms with van der Waals surface area (Å²) >= 11 is 0. The number of aryl methyl sites for hydroxylation is 1. The van der Waals surface area contributed by atoms with Gasteiger partial charge in [-0.2, -0.15) is 5.10 Å². The maximum absolute atomic E-state index is 4.40. The van der Waals surface area contributed by atoms with E-state index in [1.54, 1.807) is 6.33 Å². The average Bonchev–Trinajstić information content (AvgIpc) is 2.87. The molecule has 5 heteroatoms. The number of rotatable bonds is 5. The first-order valence-electron chi connectivity index (χ1n) is 7.81. The zero-order valence-electron chi connectivity index (χ0n) is 13.6. The molecule has 0 saturated carbocycles. The van der Waals surface area contributed by atoms with Crippen LogP contribution in [-0.2, 0) is 13.6 Å². The highest BCUT2D eigenvalue weighted by atomic mass is 15.4. The standard InChI is InChI=1S/C15H29N5/c1-6-14(4)10-17-15(7-2,8-3)11-20(14)9-13-16-12-18-19(13)5/h12,17H,6-11H2,1-5H3. The van der Waals surface area contributed by atoms with Crippen LogP contribution in [0.2, 0.25) is 0 Å². The van der Waals surface area contributed by atoms with Crippen LogP contribution in [0.15, 0.2) is 6.33 Å². The Morgan fingerprint density at radius 2 is 1.95 bits per heavy atom. The maximum Gasteiger partial charge on any atom is 0.140 e. The first-order valence-corrected chi connectivity index (χ1v) is 7.81. The molecule has 0 spiro atoms. The Morgan fingerprint density at radius 3 is 2.45 bits per heavy atom. The van der Waals surface area contributed by atoms with Gasteiger partial charge in [0.15, 0.2) is 0 Å². The lowest BCUT2D eigenvalue weighted by Crippen LogP contribution is -2.68. The van der Waals surface area contributed by atoms with Gasteiger partial charge in [0.25, 0.3) is 0 Å². The molecule has 2 rings (SSSR count). The highest BCUT2D eigenvalue weighted by Gasteiger charge is 2.42. The van der Waals surface area contributed by atoms with Crippen LogP contribution in [0.4, 0.5) is 0 Å². The molecule has 1 aliphatic rings. The van der Waals surface area contributed by atoms with Gasteiger partial charge in [-0.15, -0.1) is 0 Å². The first-order chi connectivity index (χ1) is 9.48. The summed E-state index contributed by atoms with van der Waals surface area (Å²) in [5.74, 6) is 1.05. The minimum Gasteiger partial charge on any atom is -0.308 e. The molecule has 1 N–H and O–H groups in total. The SMILES string of the molecule is CCC1(CC)CN(Cc2ncnn2C)C(C)(CC)CN1. The van der Waals surface area contributed by atoms with E-state index in [2.05, 4.69) is 48.0 Å². The Kier molecular flexibility index (Phi) is 4.49. The quantitative estimate of drug-likeness (QED) is 0.895. The summed E-state index contributed by atoms with van der Waals surface area (Å²) in [4.78, 5) is 7.00. The molecule has 1 aromatic rings. The molecule has 5 nitrogen and oxygen atoms in total. The lowest BCUT2D eigenvalue weighted by molar-refractivity contribution is 0.000326. The van der Waals surface area contributed by atoms with E-state index in [0.717, 1.165) is 31.9 Å². The molecule has 1 unspecified atom stereocenters. The Balaban J connectivity index is 2.22. The third kappa shape index (κ3) is 2.74. The molecule has 0 aromatic carbocycles. The van der Waals surface area contributed by atoms with E-state index >= 15 is 0 Å². The van der Waals surface area contributed by atoms with Crippen molar-refractivity contribution in [2.75, 3.05) is 13.1 Å². The Bertz CT molecular complexity index is 437. The minimum absolute atomic E-state index is 0.194. The summed E-state index contributed by atoms with van der Waals surface area (Å²) in [5.41, 5.74) is 0.438. The predicted molar refractivity (Wildman–Crippen MR) is 81.4 cm³/mol. The molecule has 1 aliphatic heterocycles. The topological polar surface area (TPSA) is 46.0 Å². The fraction of sp³-hybridized carbons (Fsp3) is 0.867. The third-order valence-electron chi connectivity index (χ3n) is 5.35. The van der Waals surface area contributed by atoms with Crippen molar-refractivity contribution >= 4 is 0 Å². The van der Waals surface area contributed by atoms with E-state index in [1.807, 2.05) is 11.7 Å². The monoisotopic (exact) mass is 279 g/mol. The van der Waals surface area contributed by atoms with Crippen molar-refractivity contribution in [1.82, 2.24) is 25.0 Å². The molecule has 1 aromatic heterocycles. The fourth-order valence-electron chi connectivity index (χ4n) is 3.05. The number of aromatic nitrogens is 3. The van der Waals surface area contributed by atoms with Crippen LogP contribution in [0, 0.1) is 0 Å². The number of nitrogens with zero attached hydrogens (tertiary/aromatic N) is 4. The third-order valence-corrected chi connectivity index (χ3v) is 5.35. The van der Waals surface area contributed by atoms with Crippen molar-refractivity contribution in [3.05, 3.63) is 12.2 Å². The van der Waals surface area contributed by atoms with Crippen molar-refractivity contribution in [3.63, 3.8) is 0 Å². The lowest BCUT2D eigenvalue weighted by atomic mass is 9.83. The second-order valence-corrected chi connectivity index (χ2v) is 6.35. The van der Waals surface area contributed by atoms with Crippen molar-refractivity contribution < 1.29 is 0 Å². The van der Waals surface area contributed by atoms with Gasteiger partial charge in [-0.05, 0) is 26.2 Å². The van der Waals surface area contributed by atoms with Crippen LogP contribution in [0.3, 0.4) is 0 Å². The van der Waals surface area contributed by atoms with E-state index in [0.29, 0.717) is 0 Å². The van der Waals surface area contributed by atoms with E-state index in [-0.39, 0.29) is 11.1 Å². The van der Waals surface area contributed by atoms with Crippen molar-refractivity contribution in [2.45, 2.75) is 64.6 Å². The summed E-state index contributed by atoms with van der Waals surface area (Å²) in [7, 11) is 1.97. The van der Waals surface area contributed by atoms with Gasteiger partial charge in [-0.25, -0.2) is 4.98 Å². The Morgan fingerprint density at radius 1 is 1.25 bits per heavy atom. The molecule has 1 fully saturated rings. The van der Waals surface area contributed by atoms with Gasteiger partial charge in [-0.1, -0.05) is 20.8 Å². The van der Waals surface area contributed by atoms with Gasteiger partial charge < -0.3 is 5.32 Å². The highest BCUT2D eigenvalue weighted by Crippen LogP contribution is 2.31. The molecule has 2 heterocycles. The smallest absolute Gasteiger partial charge is 0.140 e. The van der Waals surface area contributed by atoms with Gasteiger partial charge in [0, 0.05) is 31.2 Å². The molecule has 1 saturated heterocycles. The second kappa shape index (κ2) is 5.82. The van der Waals surface area contributed by atoms with E-state index in [4.69, 9.17) is 0 Å². The maximum atomic E-state index is 4.40.